The maximum absolute atomic E-state index is 13.7. The second kappa shape index (κ2) is 9.12. The maximum atomic E-state index is 13.7. The molecule has 0 spiro atoms. The van der Waals surface area contributed by atoms with Gasteiger partial charge in [0, 0.05) is 42.1 Å². The SMILES string of the molecule is COC(=O)c1cc2cc3n(c2cc1S(C)(=O)=O)CCN(c1ncc(C(C)=O)c(C(F)(F)F)n1)[C@@H]3C(C)C. The molecule has 198 valence electrons. The number of aromatic nitrogens is 3. The Morgan fingerprint density at radius 2 is 1.81 bits per heavy atom. The van der Waals surface area contributed by atoms with Crippen LogP contribution in [0.3, 0.4) is 0 Å². The largest absolute Gasteiger partial charge is 0.465 e. The molecule has 0 amide bonds. The third kappa shape index (κ3) is 4.67. The van der Waals surface area contributed by atoms with Gasteiger partial charge >= 0.3 is 12.1 Å². The summed E-state index contributed by atoms with van der Waals surface area (Å²) in [7, 11) is -2.62. The molecule has 0 saturated carbocycles. The van der Waals surface area contributed by atoms with Gasteiger partial charge in [-0.15, -0.1) is 0 Å². The number of hydrogen-bond donors (Lipinski definition) is 0. The van der Waals surface area contributed by atoms with Crippen molar-refractivity contribution >= 4 is 38.4 Å². The number of hydrogen-bond acceptors (Lipinski definition) is 8. The third-order valence-electron chi connectivity index (χ3n) is 6.36. The van der Waals surface area contributed by atoms with Crippen molar-refractivity contribution in [3.05, 3.63) is 46.9 Å². The van der Waals surface area contributed by atoms with E-state index in [4.69, 9.17) is 4.74 Å². The summed E-state index contributed by atoms with van der Waals surface area (Å²) in [6.45, 7) is 5.32. The summed E-state index contributed by atoms with van der Waals surface area (Å²) in [5.41, 5.74) is -0.731. The Kier molecular flexibility index (Phi) is 6.55. The molecule has 0 aliphatic carbocycles. The molecule has 1 atom stereocenters. The minimum absolute atomic E-state index is 0.101. The van der Waals surface area contributed by atoms with Crippen LogP contribution in [0.2, 0.25) is 0 Å². The first kappa shape index (κ1) is 26.6. The molecule has 0 saturated heterocycles. The second-order valence-electron chi connectivity index (χ2n) is 9.26. The molecule has 1 aliphatic rings. The number of rotatable bonds is 5. The minimum Gasteiger partial charge on any atom is -0.465 e. The molecule has 13 heteroatoms. The molecule has 2 aromatic heterocycles. The Labute approximate surface area is 211 Å². The van der Waals surface area contributed by atoms with Crippen LogP contribution in [-0.4, -0.2) is 54.6 Å². The molecule has 4 rings (SSSR count). The Hall–Kier alpha value is -3.48. The fourth-order valence-corrected chi connectivity index (χ4v) is 5.67. The van der Waals surface area contributed by atoms with Crippen molar-refractivity contribution in [2.75, 3.05) is 24.8 Å². The highest BCUT2D eigenvalue weighted by Crippen LogP contribution is 2.40. The van der Waals surface area contributed by atoms with Gasteiger partial charge in [0.1, 0.15) is 0 Å². The highest BCUT2D eigenvalue weighted by Gasteiger charge is 2.40. The average molecular weight is 539 g/mol. The second-order valence-corrected chi connectivity index (χ2v) is 11.2. The number of ketones is 1. The molecule has 0 unspecified atom stereocenters. The van der Waals surface area contributed by atoms with E-state index in [-0.39, 0.29) is 28.9 Å². The number of alkyl halides is 3. The van der Waals surface area contributed by atoms with E-state index in [1.165, 1.54) is 12.1 Å². The Morgan fingerprint density at radius 1 is 1.14 bits per heavy atom. The number of esters is 1. The number of ether oxygens (including phenoxy) is 1. The molecule has 0 N–H and O–H groups in total. The standard InChI is InChI=1S/C24H25F3N4O5S/c1-12(2)20-18-9-14-8-15(22(33)36-4)19(37(5,34)35)10-17(14)30(18)6-7-31(20)23-28-11-16(13(3)32)21(29-23)24(25,26)27/h8-12,20H,6-7H2,1-5H3/t20-/m1/s1. The molecule has 3 aromatic rings. The summed E-state index contributed by atoms with van der Waals surface area (Å²) in [5.74, 6) is -1.88. The van der Waals surface area contributed by atoms with E-state index < -0.39 is 45.1 Å². The molecule has 0 fully saturated rings. The lowest BCUT2D eigenvalue weighted by Gasteiger charge is -2.39. The first-order chi connectivity index (χ1) is 17.1. The smallest absolute Gasteiger partial charge is 0.434 e. The van der Waals surface area contributed by atoms with E-state index in [2.05, 4.69) is 9.97 Å². The summed E-state index contributed by atoms with van der Waals surface area (Å²) in [5, 5.41) is 0.583. The van der Waals surface area contributed by atoms with Crippen LogP contribution in [0.15, 0.2) is 29.3 Å². The van der Waals surface area contributed by atoms with Crippen LogP contribution in [0.5, 0.6) is 0 Å². The monoisotopic (exact) mass is 538 g/mol. The summed E-state index contributed by atoms with van der Waals surface area (Å²) in [6, 6.07) is 4.17. The normalized spacial score (nSPS) is 16.2. The number of fused-ring (bicyclic) bond motifs is 3. The van der Waals surface area contributed by atoms with Crippen molar-refractivity contribution in [1.29, 1.82) is 0 Å². The lowest BCUT2D eigenvalue weighted by molar-refractivity contribution is -0.141. The Bertz CT molecular complexity index is 1530. The van der Waals surface area contributed by atoms with Crippen molar-refractivity contribution in [2.45, 2.75) is 44.4 Å². The number of carbonyl (C=O) groups excluding carboxylic acids is 2. The topological polar surface area (TPSA) is 111 Å². The van der Waals surface area contributed by atoms with E-state index in [9.17, 15) is 31.2 Å². The summed E-state index contributed by atoms with van der Waals surface area (Å²) in [6.07, 6.45) is -2.95. The number of halogens is 3. The van der Waals surface area contributed by atoms with Crippen molar-refractivity contribution < 1.29 is 35.9 Å². The maximum Gasteiger partial charge on any atom is 0.434 e. The molecule has 37 heavy (non-hydrogen) atoms. The van der Waals surface area contributed by atoms with Gasteiger partial charge in [-0.1, -0.05) is 13.8 Å². The molecule has 9 nitrogen and oxygen atoms in total. The zero-order chi connectivity index (χ0) is 27.4. The molecule has 1 aromatic carbocycles. The fraction of sp³-hybridized carbons (Fsp3) is 0.417. The van der Waals surface area contributed by atoms with Gasteiger partial charge in [0.15, 0.2) is 21.3 Å². The molecular formula is C24H25F3N4O5S. The van der Waals surface area contributed by atoms with Crippen molar-refractivity contribution in [2.24, 2.45) is 5.92 Å². The fourth-order valence-electron chi connectivity index (χ4n) is 4.80. The lowest BCUT2D eigenvalue weighted by Crippen LogP contribution is -2.41. The van der Waals surface area contributed by atoms with Crippen LogP contribution in [0.1, 0.15) is 58.9 Å². The van der Waals surface area contributed by atoms with E-state index in [1.807, 2.05) is 18.4 Å². The van der Waals surface area contributed by atoms with Crippen molar-refractivity contribution in [3.63, 3.8) is 0 Å². The highest BCUT2D eigenvalue weighted by molar-refractivity contribution is 7.90. The van der Waals surface area contributed by atoms with Gasteiger partial charge in [-0.25, -0.2) is 23.2 Å². The minimum atomic E-state index is -4.84. The Morgan fingerprint density at radius 3 is 2.35 bits per heavy atom. The molecular weight excluding hydrogens is 513 g/mol. The van der Waals surface area contributed by atoms with E-state index in [1.54, 1.807) is 11.0 Å². The van der Waals surface area contributed by atoms with E-state index >= 15 is 0 Å². The van der Waals surface area contributed by atoms with Crippen LogP contribution < -0.4 is 4.90 Å². The number of Topliss-reactive ketones (excluding diaryl/α,β-unsaturated/α-hetero) is 1. The predicted molar refractivity (Wildman–Crippen MR) is 128 cm³/mol. The number of carbonyl (C=O) groups is 2. The highest BCUT2D eigenvalue weighted by atomic mass is 32.2. The quantitative estimate of drug-likeness (QED) is 0.353. The molecule has 1 aliphatic heterocycles. The average Bonchev–Trinajstić information content (AvgIpc) is 3.17. The zero-order valence-corrected chi connectivity index (χ0v) is 21.6. The van der Waals surface area contributed by atoms with Gasteiger partial charge in [-0.05, 0) is 31.0 Å². The van der Waals surface area contributed by atoms with Crippen molar-refractivity contribution in [1.82, 2.24) is 14.5 Å². The predicted octanol–water partition coefficient (Wildman–Crippen LogP) is 4.06. The summed E-state index contributed by atoms with van der Waals surface area (Å²) < 4.78 is 72.7. The van der Waals surface area contributed by atoms with Gasteiger partial charge < -0.3 is 14.2 Å². The van der Waals surface area contributed by atoms with Crippen LogP contribution in [0.25, 0.3) is 10.9 Å². The van der Waals surface area contributed by atoms with Gasteiger partial charge in [0.25, 0.3) is 0 Å². The molecule has 3 heterocycles. The first-order valence-electron chi connectivity index (χ1n) is 11.3. The van der Waals surface area contributed by atoms with Crippen LogP contribution in [0.4, 0.5) is 19.1 Å². The van der Waals surface area contributed by atoms with Gasteiger partial charge in [0.2, 0.25) is 5.95 Å². The number of benzene rings is 1. The number of nitrogens with zero attached hydrogens (tertiary/aromatic N) is 4. The third-order valence-corrected chi connectivity index (χ3v) is 7.49. The first-order valence-corrected chi connectivity index (χ1v) is 13.2. The molecule has 0 bridgehead atoms. The summed E-state index contributed by atoms with van der Waals surface area (Å²) in [4.78, 5) is 33.4. The lowest BCUT2D eigenvalue weighted by atomic mass is 9.97. The molecule has 0 radical (unpaired) electrons. The van der Waals surface area contributed by atoms with Gasteiger partial charge in [-0.3, -0.25) is 4.79 Å². The zero-order valence-electron chi connectivity index (χ0n) is 20.8. The summed E-state index contributed by atoms with van der Waals surface area (Å²) >= 11 is 0. The number of anilines is 1. The van der Waals surface area contributed by atoms with E-state index in [0.717, 1.165) is 26.5 Å². The van der Waals surface area contributed by atoms with Crippen LogP contribution in [-0.2, 0) is 27.3 Å². The van der Waals surface area contributed by atoms with E-state index in [0.29, 0.717) is 23.1 Å². The van der Waals surface area contributed by atoms with Gasteiger partial charge in [-0.2, -0.15) is 13.2 Å². The van der Waals surface area contributed by atoms with Crippen molar-refractivity contribution in [3.8, 4) is 0 Å². The van der Waals surface area contributed by atoms with Crippen LogP contribution >= 0.6 is 0 Å². The van der Waals surface area contributed by atoms with Crippen LogP contribution in [0, 0.1) is 5.92 Å². The number of sulfone groups is 1. The van der Waals surface area contributed by atoms with Gasteiger partial charge in [0.05, 0.1) is 29.2 Å². The Balaban J connectivity index is 1.90. The number of methoxy groups -OCH3 is 1.